The predicted octanol–water partition coefficient (Wildman–Crippen LogP) is -0.927. The Labute approximate surface area is 101 Å². The zero-order chi connectivity index (χ0) is 13.3. The van der Waals surface area contributed by atoms with E-state index in [2.05, 4.69) is 10.6 Å². The fourth-order valence-electron chi connectivity index (χ4n) is 1.15. The van der Waals surface area contributed by atoms with Crippen molar-refractivity contribution in [2.24, 2.45) is 0 Å². The van der Waals surface area contributed by atoms with Crippen LogP contribution in [0.5, 0.6) is 0 Å². The van der Waals surface area contributed by atoms with Crippen molar-refractivity contribution in [2.45, 2.75) is 18.9 Å². The fourth-order valence-corrected chi connectivity index (χ4v) is 1.15. The third kappa shape index (κ3) is 8.47. The molecule has 0 aliphatic carbocycles. The molecule has 7 heteroatoms. The maximum absolute atomic E-state index is 11.2. The second kappa shape index (κ2) is 8.77. The molecular weight excluding hydrogens is 226 g/mol. The minimum Gasteiger partial charge on any atom is -0.480 e. The Morgan fingerprint density at radius 1 is 1.29 bits per heavy atom. The average molecular weight is 247 g/mol. The smallest absolute Gasteiger partial charge is 0.328 e. The molecule has 1 atom stereocenters. The number of aliphatic hydroxyl groups excluding tert-OH is 1. The van der Waals surface area contributed by atoms with Crippen molar-refractivity contribution >= 4 is 12.0 Å². The number of rotatable bonds is 8. The molecule has 0 fully saturated rings. The van der Waals surface area contributed by atoms with Crippen LogP contribution in [0.15, 0.2) is 0 Å². The maximum Gasteiger partial charge on any atom is 0.328 e. The van der Waals surface area contributed by atoms with Crippen LogP contribution in [0, 0.1) is 0 Å². The standard InChI is InChI=1S/C10H21N3O4/c1-13(2)6-4-3-5-11-10(17)12-8(7-14)9(15)16/h8,14H,3-7H2,1-2H3,(H,15,16)(H2,11,12,17)/t8-/m0/s1. The van der Waals surface area contributed by atoms with Crippen molar-refractivity contribution in [2.75, 3.05) is 33.8 Å². The van der Waals surface area contributed by atoms with E-state index in [1.165, 1.54) is 0 Å². The van der Waals surface area contributed by atoms with E-state index in [1.807, 2.05) is 19.0 Å². The Morgan fingerprint density at radius 3 is 2.41 bits per heavy atom. The van der Waals surface area contributed by atoms with Crippen LogP contribution in [0.25, 0.3) is 0 Å². The monoisotopic (exact) mass is 247 g/mol. The second-order valence-electron chi connectivity index (χ2n) is 3.98. The minimum absolute atomic E-state index is 0.484. The first kappa shape index (κ1) is 15.7. The van der Waals surface area contributed by atoms with E-state index in [9.17, 15) is 9.59 Å². The molecule has 0 aromatic carbocycles. The third-order valence-electron chi connectivity index (χ3n) is 2.10. The van der Waals surface area contributed by atoms with Crippen molar-refractivity contribution in [3.05, 3.63) is 0 Å². The number of urea groups is 1. The summed E-state index contributed by atoms with van der Waals surface area (Å²) in [6.45, 7) is 0.804. The predicted molar refractivity (Wildman–Crippen MR) is 62.8 cm³/mol. The number of carboxylic acid groups (broad SMARTS) is 1. The van der Waals surface area contributed by atoms with Crippen molar-refractivity contribution in [3.63, 3.8) is 0 Å². The van der Waals surface area contributed by atoms with Crippen molar-refractivity contribution in [1.29, 1.82) is 0 Å². The van der Waals surface area contributed by atoms with Crippen molar-refractivity contribution in [1.82, 2.24) is 15.5 Å². The molecule has 7 nitrogen and oxygen atoms in total. The third-order valence-corrected chi connectivity index (χ3v) is 2.10. The zero-order valence-electron chi connectivity index (χ0n) is 10.3. The molecule has 2 amide bonds. The number of aliphatic hydroxyl groups is 1. The molecule has 0 aliphatic heterocycles. The first-order valence-corrected chi connectivity index (χ1v) is 5.50. The number of aliphatic carboxylic acids is 1. The van der Waals surface area contributed by atoms with Gasteiger partial charge in [0.2, 0.25) is 0 Å². The molecule has 0 aromatic heterocycles. The van der Waals surface area contributed by atoms with Crippen LogP contribution in [-0.2, 0) is 4.79 Å². The van der Waals surface area contributed by atoms with E-state index in [1.54, 1.807) is 0 Å². The molecule has 0 spiro atoms. The summed E-state index contributed by atoms with van der Waals surface area (Å²) in [4.78, 5) is 23.8. The van der Waals surface area contributed by atoms with Gasteiger partial charge in [0.15, 0.2) is 6.04 Å². The van der Waals surface area contributed by atoms with Gasteiger partial charge in [0.25, 0.3) is 0 Å². The summed E-state index contributed by atoms with van der Waals surface area (Å²) in [6.07, 6.45) is 1.78. The lowest BCUT2D eigenvalue weighted by Crippen LogP contribution is -2.48. The lowest BCUT2D eigenvalue weighted by atomic mass is 10.3. The van der Waals surface area contributed by atoms with E-state index in [4.69, 9.17) is 10.2 Å². The second-order valence-corrected chi connectivity index (χ2v) is 3.98. The number of carboxylic acids is 1. The molecule has 0 unspecified atom stereocenters. The highest BCUT2D eigenvalue weighted by Crippen LogP contribution is 1.89. The normalized spacial score (nSPS) is 12.2. The quantitative estimate of drug-likeness (QED) is 0.415. The van der Waals surface area contributed by atoms with Gasteiger partial charge in [-0.15, -0.1) is 0 Å². The molecule has 0 radical (unpaired) electrons. The Balaban J connectivity index is 3.62. The van der Waals surface area contributed by atoms with Crippen LogP contribution >= 0.6 is 0 Å². The van der Waals surface area contributed by atoms with Gasteiger partial charge >= 0.3 is 12.0 Å². The number of nitrogens with zero attached hydrogens (tertiary/aromatic N) is 1. The molecule has 4 N–H and O–H groups in total. The molecule has 0 aromatic rings. The number of amides is 2. The average Bonchev–Trinajstić information content (AvgIpc) is 2.24. The number of nitrogens with one attached hydrogen (secondary N) is 2. The fraction of sp³-hybridized carbons (Fsp3) is 0.800. The summed E-state index contributed by atoms with van der Waals surface area (Å²) in [7, 11) is 3.94. The number of unbranched alkanes of at least 4 members (excludes halogenated alkanes) is 1. The molecule has 17 heavy (non-hydrogen) atoms. The van der Waals surface area contributed by atoms with E-state index >= 15 is 0 Å². The van der Waals surface area contributed by atoms with Crippen molar-refractivity contribution in [3.8, 4) is 0 Å². The molecule has 0 heterocycles. The largest absolute Gasteiger partial charge is 0.480 e. The molecule has 0 saturated carbocycles. The number of hydrogen-bond donors (Lipinski definition) is 4. The van der Waals surface area contributed by atoms with Gasteiger partial charge in [0, 0.05) is 6.54 Å². The Morgan fingerprint density at radius 2 is 1.94 bits per heavy atom. The molecule has 0 bridgehead atoms. The highest BCUT2D eigenvalue weighted by molar-refractivity contribution is 5.82. The van der Waals surface area contributed by atoms with E-state index < -0.39 is 24.6 Å². The lowest BCUT2D eigenvalue weighted by molar-refractivity contribution is -0.140. The molecule has 0 saturated heterocycles. The van der Waals surface area contributed by atoms with E-state index in [0.29, 0.717) is 6.54 Å². The van der Waals surface area contributed by atoms with Crippen LogP contribution in [0.3, 0.4) is 0 Å². The highest BCUT2D eigenvalue weighted by atomic mass is 16.4. The minimum atomic E-state index is -1.25. The van der Waals surface area contributed by atoms with E-state index in [0.717, 1.165) is 19.4 Å². The Bertz CT molecular complexity index is 246. The Kier molecular flexibility index (Phi) is 8.08. The zero-order valence-corrected chi connectivity index (χ0v) is 10.3. The first-order chi connectivity index (χ1) is 7.97. The van der Waals surface area contributed by atoms with Crippen LogP contribution in [0.4, 0.5) is 4.79 Å². The lowest BCUT2D eigenvalue weighted by Gasteiger charge is -2.13. The number of carbonyl (C=O) groups is 2. The van der Waals surface area contributed by atoms with Gasteiger partial charge < -0.3 is 25.7 Å². The molecular formula is C10H21N3O4. The van der Waals surface area contributed by atoms with Gasteiger partial charge in [0.1, 0.15) is 0 Å². The van der Waals surface area contributed by atoms with Crippen LogP contribution in [0.2, 0.25) is 0 Å². The Hall–Kier alpha value is -1.34. The van der Waals surface area contributed by atoms with Gasteiger partial charge in [-0.25, -0.2) is 9.59 Å². The van der Waals surface area contributed by atoms with Crippen LogP contribution in [0.1, 0.15) is 12.8 Å². The SMILES string of the molecule is CN(C)CCCCNC(=O)N[C@@H](CO)C(=O)O. The molecule has 0 rings (SSSR count). The van der Waals surface area contributed by atoms with Gasteiger partial charge in [-0.1, -0.05) is 0 Å². The van der Waals surface area contributed by atoms with Gasteiger partial charge in [-0.2, -0.15) is 0 Å². The van der Waals surface area contributed by atoms with Gasteiger partial charge in [-0.3, -0.25) is 0 Å². The van der Waals surface area contributed by atoms with Crippen molar-refractivity contribution < 1.29 is 19.8 Å². The van der Waals surface area contributed by atoms with Crippen LogP contribution in [-0.4, -0.2) is 66.9 Å². The summed E-state index contributed by atoms with van der Waals surface area (Å²) in [5, 5.41) is 22.0. The highest BCUT2D eigenvalue weighted by Gasteiger charge is 2.17. The summed E-state index contributed by atoms with van der Waals surface area (Å²) in [5.41, 5.74) is 0. The topological polar surface area (TPSA) is 102 Å². The summed E-state index contributed by atoms with van der Waals surface area (Å²) >= 11 is 0. The summed E-state index contributed by atoms with van der Waals surface area (Å²) < 4.78 is 0. The summed E-state index contributed by atoms with van der Waals surface area (Å²) in [6, 6.07) is -1.83. The van der Waals surface area contributed by atoms with Crippen LogP contribution < -0.4 is 10.6 Å². The maximum atomic E-state index is 11.2. The van der Waals surface area contributed by atoms with E-state index in [-0.39, 0.29) is 0 Å². The molecule has 100 valence electrons. The number of carbonyl (C=O) groups excluding carboxylic acids is 1. The first-order valence-electron chi connectivity index (χ1n) is 5.50. The molecule has 0 aliphatic rings. The van der Waals surface area contributed by atoms with Gasteiger partial charge in [-0.05, 0) is 33.5 Å². The van der Waals surface area contributed by atoms with Gasteiger partial charge in [0.05, 0.1) is 6.61 Å². The summed E-state index contributed by atoms with van der Waals surface area (Å²) in [5.74, 6) is -1.25. The number of hydrogen-bond acceptors (Lipinski definition) is 4.